The summed E-state index contributed by atoms with van der Waals surface area (Å²) in [5.41, 5.74) is 0.988. The predicted molar refractivity (Wildman–Crippen MR) is 229 cm³/mol. The number of nitrogens with zero attached hydrogens (tertiary/aromatic N) is 3. The van der Waals surface area contributed by atoms with Crippen molar-refractivity contribution in [2.75, 3.05) is 53.2 Å². The van der Waals surface area contributed by atoms with Crippen LogP contribution in [0.5, 0.6) is 5.75 Å². The summed E-state index contributed by atoms with van der Waals surface area (Å²) in [6.07, 6.45) is 5.00. The number of ether oxygens (including phenoxy) is 5. The molecule has 0 bridgehead atoms. The third-order valence-electron chi connectivity index (χ3n) is 10.6. The van der Waals surface area contributed by atoms with E-state index in [0.717, 1.165) is 44.1 Å². The van der Waals surface area contributed by atoms with E-state index >= 15 is 0 Å². The average Bonchev–Trinajstić information content (AvgIpc) is 3.95. The largest absolute Gasteiger partial charge is 0.491 e. The molecular formula is C45H61N5O10S. The van der Waals surface area contributed by atoms with Crippen LogP contribution in [0.2, 0.25) is 0 Å². The molecule has 61 heavy (non-hydrogen) atoms. The highest BCUT2D eigenvalue weighted by molar-refractivity contribution is 7.10. The van der Waals surface area contributed by atoms with Crippen LogP contribution in [-0.2, 0) is 35.1 Å². The van der Waals surface area contributed by atoms with Crippen LogP contribution >= 0.6 is 11.3 Å². The fraction of sp³-hybridized carbons (Fsp3) is 0.556. The summed E-state index contributed by atoms with van der Waals surface area (Å²) in [6.45, 7) is 9.56. The van der Waals surface area contributed by atoms with Gasteiger partial charge >= 0.3 is 12.2 Å². The van der Waals surface area contributed by atoms with Gasteiger partial charge in [-0.05, 0) is 77.0 Å². The van der Waals surface area contributed by atoms with Crippen LogP contribution in [0.3, 0.4) is 0 Å². The minimum absolute atomic E-state index is 0.0382. The highest BCUT2D eigenvalue weighted by Crippen LogP contribution is 2.37. The summed E-state index contributed by atoms with van der Waals surface area (Å²) in [6, 6.07) is 14.3. The van der Waals surface area contributed by atoms with E-state index in [4.69, 9.17) is 28.7 Å². The van der Waals surface area contributed by atoms with E-state index in [9.17, 15) is 24.0 Å². The monoisotopic (exact) mass is 863 g/mol. The second-order valence-corrected chi connectivity index (χ2v) is 17.2. The molecule has 1 aliphatic heterocycles. The van der Waals surface area contributed by atoms with Crippen molar-refractivity contribution in [3.8, 4) is 5.75 Å². The predicted octanol–water partition coefficient (Wildman–Crippen LogP) is 6.70. The van der Waals surface area contributed by atoms with Crippen molar-refractivity contribution in [3.63, 3.8) is 0 Å². The summed E-state index contributed by atoms with van der Waals surface area (Å²) in [4.78, 5) is 74.2. The minimum Gasteiger partial charge on any atom is -0.491 e. The molecule has 2 aliphatic rings. The third-order valence-corrected chi connectivity index (χ3v) is 11.5. The average molecular weight is 864 g/mol. The lowest BCUT2D eigenvalue weighted by Gasteiger charge is -2.35. The number of ketones is 1. The zero-order chi connectivity index (χ0) is 43.8. The van der Waals surface area contributed by atoms with Crippen LogP contribution in [0.25, 0.3) is 0 Å². The number of alkyl carbamates (subject to hydrolysis) is 1. The first kappa shape index (κ1) is 47.0. The Kier molecular flexibility index (Phi) is 17.9. The number of hydrogen-bond donors (Lipinski definition) is 2. The molecule has 1 saturated carbocycles. The third kappa shape index (κ3) is 14.5. The SMILES string of the molecule is C[C@@H](C(=O)N[C@H](C(=O)N1CCC[C@H]1c1nc(C(=O)c2cccc(OCCOCCOCCNC(=O)OC(C)(C)C)c2)cs1)C1CCCCC1)N(C)C(=O)OCc1ccccc1. The topological polar surface area (TPSA) is 175 Å². The molecule has 2 fully saturated rings. The number of carbonyl (C=O) groups is 5. The molecule has 0 radical (unpaired) electrons. The van der Waals surface area contributed by atoms with Gasteiger partial charge in [-0.3, -0.25) is 19.3 Å². The standard InChI is InChI=1S/C45H61N5O10S/c1-31(49(5)44(55)59-29-32-14-8-6-9-15-32)40(52)48-38(33-16-10-7-11-17-33)42(53)50-22-13-20-37(50)41-47-36(30-61-41)39(51)34-18-12-19-35(28-34)58-27-26-57-25-24-56-23-21-46-43(54)60-45(2,3)4/h6,8-9,12,14-15,18-19,28,30-31,33,37-38H,7,10-11,13,16-17,20-27,29H2,1-5H3,(H,46,54)(H,48,52)/t31-,37-,38-/m0/s1. The lowest BCUT2D eigenvalue weighted by atomic mass is 9.83. The molecule has 2 heterocycles. The zero-order valence-electron chi connectivity index (χ0n) is 36.0. The van der Waals surface area contributed by atoms with Gasteiger partial charge in [0.15, 0.2) is 0 Å². The number of carbonyl (C=O) groups excluding carboxylic acids is 5. The highest BCUT2D eigenvalue weighted by atomic mass is 32.1. The molecule has 1 aliphatic carbocycles. The molecule has 3 aromatic rings. The molecule has 1 saturated heterocycles. The molecule has 2 aromatic carbocycles. The van der Waals surface area contributed by atoms with Gasteiger partial charge in [-0.2, -0.15) is 0 Å². The van der Waals surface area contributed by atoms with Gasteiger partial charge in [0.2, 0.25) is 17.6 Å². The summed E-state index contributed by atoms with van der Waals surface area (Å²) < 4.78 is 27.5. The van der Waals surface area contributed by atoms with Crippen molar-refractivity contribution in [2.45, 2.75) is 103 Å². The fourth-order valence-electron chi connectivity index (χ4n) is 7.24. The number of aromatic nitrogens is 1. The Bertz CT molecular complexity index is 1900. The van der Waals surface area contributed by atoms with E-state index in [-0.39, 0.29) is 42.6 Å². The molecule has 0 unspecified atom stereocenters. The van der Waals surface area contributed by atoms with E-state index in [1.165, 1.54) is 23.3 Å². The molecule has 15 nitrogen and oxygen atoms in total. The van der Waals surface area contributed by atoms with Crippen LogP contribution in [0, 0.1) is 5.92 Å². The van der Waals surface area contributed by atoms with Crippen molar-refractivity contribution >= 4 is 41.1 Å². The lowest BCUT2D eigenvalue weighted by molar-refractivity contribution is -0.140. The Hall–Kier alpha value is -5.06. The Morgan fingerprint density at radius 2 is 1.62 bits per heavy atom. The van der Waals surface area contributed by atoms with Crippen molar-refractivity contribution in [1.82, 2.24) is 25.4 Å². The van der Waals surface area contributed by atoms with Crippen LogP contribution < -0.4 is 15.4 Å². The minimum atomic E-state index is -0.875. The summed E-state index contributed by atoms with van der Waals surface area (Å²) in [5.74, 6) is -0.369. The summed E-state index contributed by atoms with van der Waals surface area (Å²) >= 11 is 1.35. The number of rotatable bonds is 20. The van der Waals surface area contributed by atoms with Gasteiger partial charge in [-0.15, -0.1) is 11.3 Å². The number of thiazole rings is 1. The maximum Gasteiger partial charge on any atom is 0.410 e. The molecule has 2 N–H and O–H groups in total. The van der Waals surface area contributed by atoms with E-state index < -0.39 is 35.8 Å². The van der Waals surface area contributed by atoms with Crippen LogP contribution in [-0.4, -0.2) is 115 Å². The van der Waals surface area contributed by atoms with Crippen molar-refractivity contribution < 1.29 is 47.7 Å². The van der Waals surface area contributed by atoms with Gasteiger partial charge in [0, 0.05) is 31.1 Å². The highest BCUT2D eigenvalue weighted by Gasteiger charge is 2.41. The number of likely N-dealkylation sites (N-methyl/N-ethyl adjacent to an activating group) is 1. The molecule has 1 aromatic heterocycles. The Balaban J connectivity index is 1.11. The first-order chi connectivity index (χ1) is 29.3. The first-order valence-electron chi connectivity index (χ1n) is 21.2. The smallest absolute Gasteiger partial charge is 0.410 e. The number of hydrogen-bond acceptors (Lipinski definition) is 12. The number of likely N-dealkylation sites (tertiary alicyclic amines) is 1. The van der Waals surface area contributed by atoms with E-state index in [1.807, 2.05) is 35.2 Å². The van der Waals surface area contributed by atoms with Gasteiger partial charge in [-0.1, -0.05) is 61.7 Å². The molecule has 4 amide bonds. The maximum atomic E-state index is 14.5. The lowest BCUT2D eigenvalue weighted by Crippen LogP contribution is -2.56. The van der Waals surface area contributed by atoms with Crippen LogP contribution in [0.1, 0.15) is 105 Å². The van der Waals surface area contributed by atoms with Gasteiger partial charge in [0.1, 0.15) is 47.3 Å². The van der Waals surface area contributed by atoms with Gasteiger partial charge < -0.3 is 39.2 Å². The quantitative estimate of drug-likeness (QED) is 0.0914. The first-order valence-corrected chi connectivity index (χ1v) is 22.1. The Morgan fingerprint density at radius 1 is 0.902 bits per heavy atom. The van der Waals surface area contributed by atoms with Gasteiger partial charge in [0.05, 0.1) is 32.5 Å². The Morgan fingerprint density at radius 3 is 2.36 bits per heavy atom. The molecule has 16 heteroatoms. The fourth-order valence-corrected chi connectivity index (χ4v) is 8.19. The summed E-state index contributed by atoms with van der Waals surface area (Å²) in [5, 5.41) is 8.08. The van der Waals surface area contributed by atoms with E-state index in [0.29, 0.717) is 62.3 Å². The van der Waals surface area contributed by atoms with E-state index in [2.05, 4.69) is 10.6 Å². The number of amides is 4. The second-order valence-electron chi connectivity index (χ2n) is 16.3. The normalized spacial score (nSPS) is 16.6. The molecular weight excluding hydrogens is 803 g/mol. The van der Waals surface area contributed by atoms with Crippen molar-refractivity contribution in [3.05, 3.63) is 81.8 Å². The van der Waals surface area contributed by atoms with Crippen molar-refractivity contribution in [2.24, 2.45) is 5.92 Å². The second kappa shape index (κ2) is 23.2. The molecule has 0 spiro atoms. The van der Waals surface area contributed by atoms with Gasteiger partial charge in [-0.25, -0.2) is 14.6 Å². The number of nitrogens with one attached hydrogen (secondary N) is 2. The van der Waals surface area contributed by atoms with E-state index in [1.54, 1.807) is 57.3 Å². The maximum absolute atomic E-state index is 14.5. The molecule has 3 atom stereocenters. The zero-order valence-corrected chi connectivity index (χ0v) is 36.8. The molecule has 332 valence electrons. The van der Waals surface area contributed by atoms with Crippen molar-refractivity contribution in [1.29, 1.82) is 0 Å². The summed E-state index contributed by atoms with van der Waals surface area (Å²) in [7, 11) is 1.52. The van der Waals surface area contributed by atoms with Crippen LogP contribution in [0.4, 0.5) is 9.59 Å². The Labute approximate surface area is 362 Å². The number of benzene rings is 2. The van der Waals surface area contributed by atoms with Crippen LogP contribution in [0.15, 0.2) is 60.0 Å². The van der Waals surface area contributed by atoms with Gasteiger partial charge in [0.25, 0.3) is 0 Å². The molecule has 5 rings (SSSR count).